The van der Waals surface area contributed by atoms with Gasteiger partial charge in [0, 0.05) is 19.0 Å². The summed E-state index contributed by atoms with van der Waals surface area (Å²) >= 11 is 0. The number of benzene rings is 1. The highest BCUT2D eigenvalue weighted by Crippen LogP contribution is 2.40. The molecule has 1 aromatic carbocycles. The first-order valence-electron chi connectivity index (χ1n) is 4.94. The van der Waals surface area contributed by atoms with Crippen LogP contribution in [0.4, 0.5) is 14.5 Å². The smallest absolute Gasteiger partial charge is 0.277 e. The van der Waals surface area contributed by atoms with Gasteiger partial charge in [-0.1, -0.05) is 18.2 Å². The van der Waals surface area contributed by atoms with Crippen molar-refractivity contribution >= 4 is 11.6 Å². The van der Waals surface area contributed by atoms with Crippen LogP contribution in [-0.2, 0) is 10.7 Å². The third kappa shape index (κ3) is 1.57. The Morgan fingerprint density at radius 1 is 1.44 bits per heavy atom. The number of anilines is 1. The fraction of sp³-hybridized carbons (Fsp3) is 0.364. The lowest BCUT2D eigenvalue weighted by atomic mass is 10.0. The normalized spacial score (nSPS) is 23.9. The van der Waals surface area contributed by atoms with E-state index in [1.165, 1.54) is 30.1 Å². The molecule has 0 saturated heterocycles. The van der Waals surface area contributed by atoms with Crippen LogP contribution >= 0.6 is 0 Å². The molecule has 0 aliphatic carbocycles. The van der Waals surface area contributed by atoms with Crippen molar-refractivity contribution in [2.75, 3.05) is 11.9 Å². The second-order valence-electron chi connectivity index (χ2n) is 3.93. The summed E-state index contributed by atoms with van der Waals surface area (Å²) in [5, 5.41) is 0. The number of hydrogen-bond acceptors (Lipinski definition) is 2. The van der Waals surface area contributed by atoms with Crippen LogP contribution in [0.5, 0.6) is 0 Å². The van der Waals surface area contributed by atoms with Gasteiger partial charge in [-0.2, -0.15) is 0 Å². The molecule has 1 amide bonds. The summed E-state index contributed by atoms with van der Waals surface area (Å²) in [4.78, 5) is 12.9. The molecule has 1 heterocycles. The summed E-state index contributed by atoms with van der Waals surface area (Å²) < 4.78 is 27.6. The Morgan fingerprint density at radius 2 is 2.06 bits per heavy atom. The molecule has 0 saturated carbocycles. The Balaban J connectivity index is 2.61. The largest absolute Gasteiger partial charge is 0.320 e. The van der Waals surface area contributed by atoms with Crippen LogP contribution in [0.15, 0.2) is 24.3 Å². The molecule has 1 aliphatic heterocycles. The lowest BCUT2D eigenvalue weighted by molar-refractivity contribution is -0.121. The average Bonchev–Trinajstić information content (AvgIpc) is 2.31. The van der Waals surface area contributed by atoms with Gasteiger partial charge in [0.05, 0.1) is 11.7 Å². The molecular weight excluding hydrogens is 214 g/mol. The van der Waals surface area contributed by atoms with Crippen molar-refractivity contribution < 1.29 is 13.6 Å². The Labute approximate surface area is 91.8 Å². The molecule has 86 valence electrons. The molecule has 5 heteroatoms. The SMILES string of the molecule is CN1C(=O)C(N)CC(F)(F)c2ccccc21. The van der Waals surface area contributed by atoms with E-state index in [0.29, 0.717) is 0 Å². The number of hydrogen-bond donors (Lipinski definition) is 1. The lowest BCUT2D eigenvalue weighted by Crippen LogP contribution is -2.41. The highest BCUT2D eigenvalue weighted by molar-refractivity contribution is 5.98. The minimum atomic E-state index is -3.06. The van der Waals surface area contributed by atoms with Crippen molar-refractivity contribution in [2.24, 2.45) is 5.73 Å². The third-order valence-corrected chi connectivity index (χ3v) is 2.78. The van der Waals surface area contributed by atoms with E-state index >= 15 is 0 Å². The molecule has 2 N–H and O–H groups in total. The van der Waals surface area contributed by atoms with Crippen molar-refractivity contribution in [2.45, 2.75) is 18.4 Å². The number of nitrogens with two attached hydrogens (primary N) is 1. The Hall–Kier alpha value is -1.49. The van der Waals surface area contributed by atoms with Crippen LogP contribution in [0.2, 0.25) is 0 Å². The molecule has 1 atom stereocenters. The van der Waals surface area contributed by atoms with Gasteiger partial charge in [0.25, 0.3) is 5.92 Å². The van der Waals surface area contributed by atoms with Gasteiger partial charge in [-0.05, 0) is 6.07 Å². The highest BCUT2D eigenvalue weighted by Gasteiger charge is 2.42. The van der Waals surface area contributed by atoms with Gasteiger partial charge in [0.15, 0.2) is 0 Å². The second-order valence-corrected chi connectivity index (χ2v) is 3.93. The van der Waals surface area contributed by atoms with Crippen molar-refractivity contribution in [1.82, 2.24) is 0 Å². The molecule has 0 bridgehead atoms. The summed E-state index contributed by atoms with van der Waals surface area (Å²) in [5.41, 5.74) is 5.54. The number of fused-ring (bicyclic) bond motifs is 1. The molecule has 1 unspecified atom stereocenters. The lowest BCUT2D eigenvalue weighted by Gasteiger charge is -2.19. The average molecular weight is 226 g/mol. The first kappa shape index (κ1) is 11.0. The highest BCUT2D eigenvalue weighted by atomic mass is 19.3. The maximum atomic E-state index is 13.8. The number of alkyl halides is 2. The fourth-order valence-corrected chi connectivity index (χ4v) is 1.92. The second kappa shape index (κ2) is 3.52. The number of nitrogens with zero attached hydrogens (tertiary/aromatic N) is 1. The van der Waals surface area contributed by atoms with E-state index in [2.05, 4.69) is 0 Å². The maximum Gasteiger partial charge on any atom is 0.277 e. The zero-order valence-corrected chi connectivity index (χ0v) is 8.78. The minimum Gasteiger partial charge on any atom is -0.320 e. The number of carbonyl (C=O) groups is 1. The quantitative estimate of drug-likeness (QED) is 0.728. The van der Waals surface area contributed by atoms with Crippen LogP contribution in [-0.4, -0.2) is 19.0 Å². The first-order valence-corrected chi connectivity index (χ1v) is 4.94. The summed E-state index contributed by atoms with van der Waals surface area (Å²) in [5.74, 6) is -3.54. The summed E-state index contributed by atoms with van der Waals surface area (Å²) in [6, 6.07) is 4.82. The van der Waals surface area contributed by atoms with E-state index in [-0.39, 0.29) is 11.3 Å². The van der Waals surface area contributed by atoms with Gasteiger partial charge >= 0.3 is 0 Å². The molecule has 0 fully saturated rings. The van der Waals surface area contributed by atoms with Gasteiger partial charge in [0.1, 0.15) is 0 Å². The molecule has 0 radical (unpaired) electrons. The molecular formula is C11H12F2N2O. The van der Waals surface area contributed by atoms with Crippen LogP contribution in [0.1, 0.15) is 12.0 Å². The Morgan fingerprint density at radius 3 is 2.75 bits per heavy atom. The molecule has 0 spiro atoms. The summed E-state index contributed by atoms with van der Waals surface area (Å²) in [6.45, 7) is 0. The number of amides is 1. The summed E-state index contributed by atoms with van der Waals surface area (Å²) in [7, 11) is 1.46. The van der Waals surface area contributed by atoms with Crippen molar-refractivity contribution in [3.63, 3.8) is 0 Å². The molecule has 3 nitrogen and oxygen atoms in total. The number of likely N-dealkylation sites (N-methyl/N-ethyl adjacent to an activating group) is 1. The zero-order chi connectivity index (χ0) is 11.9. The topological polar surface area (TPSA) is 46.3 Å². The fourth-order valence-electron chi connectivity index (χ4n) is 1.92. The van der Waals surface area contributed by atoms with Gasteiger partial charge in [-0.15, -0.1) is 0 Å². The van der Waals surface area contributed by atoms with Gasteiger partial charge < -0.3 is 10.6 Å². The van der Waals surface area contributed by atoms with Crippen molar-refractivity contribution in [3.8, 4) is 0 Å². The third-order valence-electron chi connectivity index (χ3n) is 2.78. The number of para-hydroxylation sites is 1. The van der Waals surface area contributed by atoms with Crippen molar-refractivity contribution in [1.29, 1.82) is 0 Å². The maximum absolute atomic E-state index is 13.8. The molecule has 1 aliphatic rings. The van der Waals surface area contributed by atoms with Gasteiger partial charge in [-0.25, -0.2) is 8.78 Å². The van der Waals surface area contributed by atoms with Crippen LogP contribution in [0, 0.1) is 0 Å². The van der Waals surface area contributed by atoms with Crippen LogP contribution in [0.3, 0.4) is 0 Å². The standard InChI is InChI=1S/C11H12F2N2O/c1-15-9-5-3-2-4-7(9)11(12,13)6-8(14)10(15)16/h2-5,8H,6,14H2,1H3. The molecule has 1 aromatic rings. The number of halogens is 2. The van der Waals surface area contributed by atoms with Gasteiger partial charge in [0.2, 0.25) is 5.91 Å². The van der Waals surface area contributed by atoms with E-state index < -0.39 is 24.3 Å². The van der Waals surface area contributed by atoms with E-state index in [1.807, 2.05) is 0 Å². The van der Waals surface area contributed by atoms with Crippen molar-refractivity contribution in [3.05, 3.63) is 29.8 Å². The minimum absolute atomic E-state index is 0.140. The Bertz CT molecular complexity index is 434. The van der Waals surface area contributed by atoms with E-state index in [4.69, 9.17) is 5.73 Å². The first-order chi connectivity index (χ1) is 7.43. The number of carbonyl (C=O) groups excluding carboxylic acids is 1. The monoisotopic (exact) mass is 226 g/mol. The predicted octanol–water partition coefficient (Wildman–Crippen LogP) is 1.47. The summed E-state index contributed by atoms with van der Waals surface area (Å²) in [6.07, 6.45) is -0.646. The zero-order valence-electron chi connectivity index (χ0n) is 8.78. The molecule has 16 heavy (non-hydrogen) atoms. The van der Waals surface area contributed by atoms with Crippen LogP contribution in [0.25, 0.3) is 0 Å². The van der Waals surface area contributed by atoms with E-state index in [0.717, 1.165) is 0 Å². The predicted molar refractivity (Wildman–Crippen MR) is 56.3 cm³/mol. The molecule has 0 aromatic heterocycles. The van der Waals surface area contributed by atoms with E-state index in [1.54, 1.807) is 6.07 Å². The Kier molecular flexibility index (Phi) is 2.42. The van der Waals surface area contributed by atoms with Gasteiger partial charge in [-0.3, -0.25) is 4.79 Å². The number of rotatable bonds is 0. The van der Waals surface area contributed by atoms with E-state index in [9.17, 15) is 13.6 Å². The molecule has 2 rings (SSSR count). The van der Waals surface area contributed by atoms with Crippen LogP contribution < -0.4 is 10.6 Å².